The number of rotatable bonds is 3. The Morgan fingerprint density at radius 1 is 1.38 bits per heavy atom. The first-order chi connectivity index (χ1) is 7.56. The Balaban J connectivity index is 0.00000106. The lowest BCUT2D eigenvalue weighted by Gasteiger charge is -2.27. The van der Waals surface area contributed by atoms with Crippen LogP contribution in [-0.2, 0) is 14.3 Å². The third kappa shape index (κ3) is 4.97. The Morgan fingerprint density at radius 2 is 2.00 bits per heavy atom. The van der Waals surface area contributed by atoms with Crippen molar-refractivity contribution in [1.82, 2.24) is 0 Å². The van der Waals surface area contributed by atoms with Crippen LogP contribution in [0.4, 0.5) is 0 Å². The number of carbonyl (C=O) groups is 1. The van der Waals surface area contributed by atoms with E-state index in [4.69, 9.17) is 9.47 Å². The van der Waals surface area contributed by atoms with Crippen LogP contribution in [0.5, 0.6) is 0 Å². The van der Waals surface area contributed by atoms with Gasteiger partial charge in [0, 0.05) is 6.42 Å². The molecular weight excluding hydrogens is 204 g/mol. The molecule has 3 nitrogen and oxygen atoms in total. The SMILES string of the molecule is CC.CCC(C)(C)C(=O)OC1CCCCO1. The van der Waals surface area contributed by atoms with E-state index < -0.39 is 0 Å². The first-order valence-electron chi connectivity index (χ1n) is 6.39. The Morgan fingerprint density at radius 3 is 2.44 bits per heavy atom. The van der Waals surface area contributed by atoms with E-state index in [9.17, 15) is 4.79 Å². The highest BCUT2D eigenvalue weighted by molar-refractivity contribution is 5.75. The summed E-state index contributed by atoms with van der Waals surface area (Å²) in [6.45, 7) is 10.5. The molecule has 0 aliphatic carbocycles. The lowest BCUT2D eigenvalue weighted by molar-refractivity contribution is -0.196. The van der Waals surface area contributed by atoms with Gasteiger partial charge in [0.15, 0.2) is 0 Å². The van der Waals surface area contributed by atoms with Gasteiger partial charge in [-0.05, 0) is 33.1 Å². The van der Waals surface area contributed by atoms with Crippen molar-refractivity contribution in [3.8, 4) is 0 Å². The molecule has 0 radical (unpaired) electrons. The quantitative estimate of drug-likeness (QED) is 0.696. The highest BCUT2D eigenvalue weighted by Gasteiger charge is 2.30. The number of ether oxygens (including phenoxy) is 2. The van der Waals surface area contributed by atoms with Crippen LogP contribution in [0.2, 0.25) is 0 Å². The molecule has 3 heteroatoms. The van der Waals surface area contributed by atoms with E-state index in [1.165, 1.54) is 0 Å². The van der Waals surface area contributed by atoms with Crippen LogP contribution >= 0.6 is 0 Å². The van der Waals surface area contributed by atoms with E-state index >= 15 is 0 Å². The molecule has 1 aliphatic rings. The molecule has 0 amide bonds. The molecule has 0 spiro atoms. The van der Waals surface area contributed by atoms with Crippen molar-refractivity contribution in [2.45, 2.75) is 66.6 Å². The third-order valence-electron chi connectivity index (χ3n) is 2.81. The highest BCUT2D eigenvalue weighted by Crippen LogP contribution is 2.24. The van der Waals surface area contributed by atoms with Crippen molar-refractivity contribution >= 4 is 5.97 Å². The van der Waals surface area contributed by atoms with Crippen molar-refractivity contribution in [2.24, 2.45) is 5.41 Å². The van der Waals surface area contributed by atoms with Gasteiger partial charge in [0.25, 0.3) is 0 Å². The summed E-state index contributed by atoms with van der Waals surface area (Å²) >= 11 is 0. The van der Waals surface area contributed by atoms with Gasteiger partial charge >= 0.3 is 5.97 Å². The van der Waals surface area contributed by atoms with Crippen LogP contribution in [0.1, 0.15) is 60.3 Å². The number of esters is 1. The zero-order valence-electron chi connectivity index (χ0n) is 11.3. The predicted octanol–water partition coefficient (Wildman–Crippen LogP) is 3.52. The average molecular weight is 230 g/mol. The second kappa shape index (κ2) is 7.66. The standard InChI is InChI=1S/C11H20O3.C2H6/c1-4-11(2,3)10(12)14-9-7-5-6-8-13-9;1-2/h9H,4-8H2,1-3H3;1-2H3. The van der Waals surface area contributed by atoms with Gasteiger partial charge < -0.3 is 9.47 Å². The maximum Gasteiger partial charge on any atom is 0.313 e. The maximum absolute atomic E-state index is 11.7. The van der Waals surface area contributed by atoms with E-state index in [0.29, 0.717) is 6.61 Å². The molecule has 1 unspecified atom stereocenters. The molecule has 1 rings (SSSR count). The lowest BCUT2D eigenvalue weighted by Crippen LogP contribution is -2.32. The summed E-state index contributed by atoms with van der Waals surface area (Å²) in [6.07, 6.45) is 3.49. The third-order valence-corrected chi connectivity index (χ3v) is 2.81. The molecule has 1 heterocycles. The Labute approximate surface area is 99.5 Å². The van der Waals surface area contributed by atoms with Crippen LogP contribution < -0.4 is 0 Å². The van der Waals surface area contributed by atoms with E-state index in [1.807, 2.05) is 34.6 Å². The highest BCUT2D eigenvalue weighted by atomic mass is 16.7. The van der Waals surface area contributed by atoms with Gasteiger partial charge in [-0.1, -0.05) is 20.8 Å². The maximum atomic E-state index is 11.7. The van der Waals surface area contributed by atoms with Crippen LogP contribution in [0.3, 0.4) is 0 Å². The Bertz CT molecular complexity index is 193. The number of hydrogen-bond donors (Lipinski definition) is 0. The predicted molar refractivity (Wildman–Crippen MR) is 65.1 cm³/mol. The minimum Gasteiger partial charge on any atom is -0.435 e. The number of hydrogen-bond acceptors (Lipinski definition) is 3. The zero-order chi connectivity index (χ0) is 12.6. The van der Waals surface area contributed by atoms with Crippen molar-refractivity contribution in [2.75, 3.05) is 6.61 Å². The zero-order valence-corrected chi connectivity index (χ0v) is 11.3. The lowest BCUT2D eigenvalue weighted by atomic mass is 9.91. The molecule has 0 saturated carbocycles. The van der Waals surface area contributed by atoms with Crippen LogP contribution in [-0.4, -0.2) is 18.9 Å². The van der Waals surface area contributed by atoms with Crippen LogP contribution in [0.15, 0.2) is 0 Å². The summed E-state index contributed by atoms with van der Waals surface area (Å²) < 4.78 is 10.6. The van der Waals surface area contributed by atoms with Gasteiger partial charge in [-0.25, -0.2) is 0 Å². The summed E-state index contributed by atoms with van der Waals surface area (Å²) in [6, 6.07) is 0. The fourth-order valence-corrected chi connectivity index (χ4v) is 1.23. The Kier molecular flexibility index (Phi) is 7.39. The van der Waals surface area contributed by atoms with Crippen LogP contribution in [0, 0.1) is 5.41 Å². The summed E-state index contributed by atoms with van der Waals surface area (Å²) in [5.74, 6) is -0.146. The normalized spacial score (nSPS) is 20.7. The summed E-state index contributed by atoms with van der Waals surface area (Å²) in [5, 5.41) is 0. The molecule has 1 fully saturated rings. The summed E-state index contributed by atoms with van der Waals surface area (Å²) in [5.41, 5.74) is -0.388. The van der Waals surface area contributed by atoms with E-state index in [0.717, 1.165) is 25.7 Å². The fourth-order valence-electron chi connectivity index (χ4n) is 1.23. The van der Waals surface area contributed by atoms with Gasteiger partial charge in [-0.3, -0.25) is 4.79 Å². The molecule has 0 aromatic carbocycles. The molecule has 1 aliphatic heterocycles. The van der Waals surface area contributed by atoms with Crippen molar-refractivity contribution in [1.29, 1.82) is 0 Å². The van der Waals surface area contributed by atoms with Crippen molar-refractivity contribution in [3.63, 3.8) is 0 Å². The molecular formula is C13H26O3. The summed E-state index contributed by atoms with van der Waals surface area (Å²) in [7, 11) is 0. The molecule has 0 aromatic rings. The first-order valence-corrected chi connectivity index (χ1v) is 6.39. The first kappa shape index (κ1) is 15.4. The summed E-state index contributed by atoms with van der Waals surface area (Å²) in [4.78, 5) is 11.7. The van der Waals surface area contributed by atoms with E-state index in [2.05, 4.69) is 0 Å². The number of carbonyl (C=O) groups excluding carboxylic acids is 1. The minimum atomic E-state index is -0.388. The molecule has 0 N–H and O–H groups in total. The fraction of sp³-hybridized carbons (Fsp3) is 0.923. The van der Waals surface area contributed by atoms with Crippen LogP contribution in [0.25, 0.3) is 0 Å². The van der Waals surface area contributed by atoms with Gasteiger partial charge in [0.05, 0.1) is 12.0 Å². The largest absolute Gasteiger partial charge is 0.435 e. The van der Waals surface area contributed by atoms with E-state index in [-0.39, 0.29) is 17.7 Å². The minimum absolute atomic E-state index is 0.146. The van der Waals surface area contributed by atoms with Crippen molar-refractivity contribution in [3.05, 3.63) is 0 Å². The molecule has 96 valence electrons. The molecule has 16 heavy (non-hydrogen) atoms. The van der Waals surface area contributed by atoms with Gasteiger partial charge in [-0.2, -0.15) is 0 Å². The van der Waals surface area contributed by atoms with Gasteiger partial charge in [-0.15, -0.1) is 0 Å². The molecule has 1 atom stereocenters. The topological polar surface area (TPSA) is 35.5 Å². The van der Waals surface area contributed by atoms with Crippen molar-refractivity contribution < 1.29 is 14.3 Å². The van der Waals surface area contributed by atoms with E-state index in [1.54, 1.807) is 0 Å². The monoisotopic (exact) mass is 230 g/mol. The molecule has 0 aromatic heterocycles. The second-order valence-electron chi connectivity index (χ2n) is 4.44. The average Bonchev–Trinajstić information content (AvgIpc) is 2.33. The molecule has 1 saturated heterocycles. The smallest absolute Gasteiger partial charge is 0.313 e. The second-order valence-corrected chi connectivity index (χ2v) is 4.44. The van der Waals surface area contributed by atoms with Gasteiger partial charge in [0.1, 0.15) is 0 Å². The Hall–Kier alpha value is -0.570. The molecule has 0 bridgehead atoms. The van der Waals surface area contributed by atoms with Gasteiger partial charge in [0.2, 0.25) is 6.29 Å².